The van der Waals surface area contributed by atoms with Crippen LogP contribution in [0.2, 0.25) is 0 Å². The molecule has 0 aliphatic carbocycles. The Labute approximate surface area is 127 Å². The first-order valence-corrected chi connectivity index (χ1v) is 7.85. The van der Waals surface area contributed by atoms with Gasteiger partial charge in [0.2, 0.25) is 0 Å². The van der Waals surface area contributed by atoms with Crippen molar-refractivity contribution in [3.05, 3.63) is 18.3 Å². The minimum atomic E-state index is 0.660. The number of nitrogens with one attached hydrogen (secondary N) is 2. The van der Waals surface area contributed by atoms with Gasteiger partial charge in [-0.25, -0.2) is 4.98 Å². The van der Waals surface area contributed by atoms with E-state index in [2.05, 4.69) is 40.4 Å². The van der Waals surface area contributed by atoms with Gasteiger partial charge in [0.15, 0.2) is 5.11 Å². The van der Waals surface area contributed by atoms with Gasteiger partial charge in [0.25, 0.3) is 0 Å². The molecule has 1 fully saturated rings. The van der Waals surface area contributed by atoms with E-state index < -0.39 is 0 Å². The number of nitrogens with zero attached hydrogens (tertiary/aromatic N) is 2. The maximum Gasteiger partial charge on any atom is 0.170 e. The predicted octanol–water partition coefficient (Wildman–Crippen LogP) is 3.01. The van der Waals surface area contributed by atoms with Crippen molar-refractivity contribution in [2.24, 2.45) is 5.92 Å². The van der Waals surface area contributed by atoms with Crippen molar-refractivity contribution in [3.63, 3.8) is 0 Å². The quantitative estimate of drug-likeness (QED) is 0.835. The summed E-state index contributed by atoms with van der Waals surface area (Å²) in [6, 6.07) is 4.12. The third-order valence-electron chi connectivity index (χ3n) is 3.52. The van der Waals surface area contributed by atoms with Crippen LogP contribution in [-0.4, -0.2) is 29.7 Å². The molecule has 1 unspecified atom stereocenters. The summed E-state index contributed by atoms with van der Waals surface area (Å²) >= 11 is 5.21. The molecule has 1 saturated heterocycles. The summed E-state index contributed by atoms with van der Waals surface area (Å²) in [5, 5.41) is 6.96. The molecule has 0 saturated carbocycles. The van der Waals surface area contributed by atoms with Gasteiger partial charge in [-0.05, 0) is 49.5 Å². The van der Waals surface area contributed by atoms with Crippen molar-refractivity contribution in [3.8, 4) is 0 Å². The highest BCUT2D eigenvalue weighted by atomic mass is 32.1. The lowest BCUT2D eigenvalue weighted by molar-refractivity contribution is 0.444. The molecular weight excluding hydrogens is 268 g/mol. The second-order valence-electron chi connectivity index (χ2n) is 5.48. The van der Waals surface area contributed by atoms with Crippen LogP contribution in [0.25, 0.3) is 0 Å². The molecule has 1 aromatic rings. The molecule has 1 atom stereocenters. The number of pyridine rings is 1. The van der Waals surface area contributed by atoms with E-state index >= 15 is 0 Å². The summed E-state index contributed by atoms with van der Waals surface area (Å²) in [5.74, 6) is 1.82. The van der Waals surface area contributed by atoms with Gasteiger partial charge in [-0.2, -0.15) is 0 Å². The number of hydrogen-bond donors (Lipinski definition) is 2. The first kappa shape index (κ1) is 15.0. The van der Waals surface area contributed by atoms with Crippen LogP contribution in [0.1, 0.15) is 33.1 Å². The molecule has 0 amide bonds. The van der Waals surface area contributed by atoms with Crippen molar-refractivity contribution < 1.29 is 0 Å². The van der Waals surface area contributed by atoms with Crippen LogP contribution in [0.3, 0.4) is 0 Å². The van der Waals surface area contributed by atoms with Gasteiger partial charge in [-0.15, -0.1) is 0 Å². The molecule has 0 aromatic carbocycles. The largest absolute Gasteiger partial charge is 0.362 e. The van der Waals surface area contributed by atoms with Crippen LogP contribution in [0.15, 0.2) is 18.3 Å². The molecule has 4 nitrogen and oxygen atoms in total. The standard InChI is InChI=1S/C15H24N4S/c1-3-8-16-15(20)18-13-6-7-14(17-10-13)19-9-4-5-12(2)11-19/h6-7,10,12H,3-5,8-9,11H2,1-2H3,(H2,16,18,20). The zero-order valence-corrected chi connectivity index (χ0v) is 13.2. The minimum absolute atomic E-state index is 0.660. The summed E-state index contributed by atoms with van der Waals surface area (Å²) in [7, 11) is 0. The van der Waals surface area contributed by atoms with Gasteiger partial charge in [0, 0.05) is 19.6 Å². The lowest BCUT2D eigenvalue weighted by Gasteiger charge is -2.31. The molecular formula is C15H24N4S. The highest BCUT2D eigenvalue weighted by molar-refractivity contribution is 7.80. The van der Waals surface area contributed by atoms with Crippen LogP contribution < -0.4 is 15.5 Å². The fourth-order valence-electron chi connectivity index (χ4n) is 2.46. The minimum Gasteiger partial charge on any atom is -0.362 e. The number of hydrogen-bond acceptors (Lipinski definition) is 3. The first-order valence-electron chi connectivity index (χ1n) is 7.45. The average Bonchev–Trinajstić information content (AvgIpc) is 2.46. The van der Waals surface area contributed by atoms with Crippen molar-refractivity contribution in [1.82, 2.24) is 10.3 Å². The Morgan fingerprint density at radius 3 is 3.00 bits per heavy atom. The van der Waals surface area contributed by atoms with Gasteiger partial charge in [-0.1, -0.05) is 13.8 Å². The second kappa shape index (κ2) is 7.43. The molecule has 1 aromatic heterocycles. The Bertz CT molecular complexity index is 432. The van der Waals surface area contributed by atoms with Crippen LogP contribution in [-0.2, 0) is 0 Å². The summed E-state index contributed by atoms with van der Waals surface area (Å²) in [5.41, 5.74) is 0.937. The Morgan fingerprint density at radius 2 is 2.35 bits per heavy atom. The van der Waals surface area contributed by atoms with E-state index in [-0.39, 0.29) is 0 Å². The van der Waals surface area contributed by atoms with E-state index in [0.29, 0.717) is 5.11 Å². The fraction of sp³-hybridized carbons (Fsp3) is 0.600. The third kappa shape index (κ3) is 4.34. The number of aromatic nitrogens is 1. The Kier molecular flexibility index (Phi) is 5.59. The number of thiocarbonyl (C=S) groups is 1. The molecule has 1 aliphatic heterocycles. The van der Waals surface area contributed by atoms with E-state index in [4.69, 9.17) is 12.2 Å². The third-order valence-corrected chi connectivity index (χ3v) is 3.77. The SMILES string of the molecule is CCCNC(=S)Nc1ccc(N2CCCC(C)C2)nc1. The molecule has 20 heavy (non-hydrogen) atoms. The first-order chi connectivity index (χ1) is 9.69. The van der Waals surface area contributed by atoms with E-state index in [0.717, 1.165) is 43.5 Å². The maximum absolute atomic E-state index is 5.21. The molecule has 0 radical (unpaired) electrons. The van der Waals surface area contributed by atoms with E-state index in [1.807, 2.05) is 12.3 Å². The van der Waals surface area contributed by atoms with Gasteiger partial charge >= 0.3 is 0 Å². The maximum atomic E-state index is 5.21. The molecule has 2 heterocycles. The average molecular weight is 292 g/mol. The van der Waals surface area contributed by atoms with E-state index in [1.165, 1.54) is 12.8 Å². The van der Waals surface area contributed by atoms with Gasteiger partial charge in [-0.3, -0.25) is 0 Å². The Balaban J connectivity index is 1.90. The number of rotatable bonds is 4. The second-order valence-corrected chi connectivity index (χ2v) is 5.89. The van der Waals surface area contributed by atoms with E-state index in [1.54, 1.807) is 0 Å². The highest BCUT2D eigenvalue weighted by Crippen LogP contribution is 2.21. The molecule has 2 N–H and O–H groups in total. The molecule has 0 bridgehead atoms. The molecule has 110 valence electrons. The summed E-state index contributed by atoms with van der Waals surface area (Å²) in [6.45, 7) is 7.53. The lowest BCUT2D eigenvalue weighted by Crippen LogP contribution is -2.34. The summed E-state index contributed by atoms with van der Waals surface area (Å²) < 4.78 is 0. The molecule has 1 aliphatic rings. The summed E-state index contributed by atoms with van der Waals surface area (Å²) in [6.07, 6.45) is 5.50. The smallest absolute Gasteiger partial charge is 0.170 e. The Morgan fingerprint density at radius 1 is 1.50 bits per heavy atom. The predicted molar refractivity (Wildman–Crippen MR) is 89.4 cm³/mol. The highest BCUT2D eigenvalue weighted by Gasteiger charge is 2.17. The summed E-state index contributed by atoms with van der Waals surface area (Å²) in [4.78, 5) is 6.91. The normalized spacial score (nSPS) is 18.7. The zero-order valence-electron chi connectivity index (χ0n) is 12.4. The number of piperidine rings is 1. The monoisotopic (exact) mass is 292 g/mol. The van der Waals surface area contributed by atoms with Crippen LogP contribution in [0.5, 0.6) is 0 Å². The van der Waals surface area contributed by atoms with Gasteiger partial charge in [0.1, 0.15) is 5.82 Å². The molecule has 0 spiro atoms. The van der Waals surface area contributed by atoms with Crippen molar-refractivity contribution in [2.45, 2.75) is 33.1 Å². The molecule has 5 heteroatoms. The lowest BCUT2D eigenvalue weighted by atomic mass is 10.0. The number of anilines is 2. The van der Waals surface area contributed by atoms with Crippen molar-refractivity contribution in [2.75, 3.05) is 29.9 Å². The fourth-order valence-corrected chi connectivity index (χ4v) is 2.68. The van der Waals surface area contributed by atoms with Crippen molar-refractivity contribution in [1.29, 1.82) is 0 Å². The van der Waals surface area contributed by atoms with E-state index in [9.17, 15) is 0 Å². The molecule has 2 rings (SSSR count). The van der Waals surface area contributed by atoms with Crippen LogP contribution in [0.4, 0.5) is 11.5 Å². The van der Waals surface area contributed by atoms with Crippen LogP contribution >= 0.6 is 12.2 Å². The van der Waals surface area contributed by atoms with Gasteiger partial charge in [0.05, 0.1) is 11.9 Å². The van der Waals surface area contributed by atoms with Crippen molar-refractivity contribution >= 4 is 28.8 Å². The van der Waals surface area contributed by atoms with Crippen LogP contribution in [0, 0.1) is 5.92 Å². The van der Waals surface area contributed by atoms with Gasteiger partial charge < -0.3 is 15.5 Å². The Hall–Kier alpha value is -1.36. The topological polar surface area (TPSA) is 40.2 Å². The zero-order chi connectivity index (χ0) is 14.4.